The second kappa shape index (κ2) is 6.23. The fraction of sp³-hybridized carbons (Fsp3) is 0.889. The van der Waals surface area contributed by atoms with Gasteiger partial charge in [-0.3, -0.25) is 0 Å². The van der Waals surface area contributed by atoms with Crippen molar-refractivity contribution in [2.24, 2.45) is 4.99 Å². The first kappa shape index (κ1) is 14.3. The highest BCUT2D eigenvalue weighted by Crippen LogP contribution is 2.16. The molecule has 0 aromatic heterocycles. The summed E-state index contributed by atoms with van der Waals surface area (Å²) in [6.07, 6.45) is 0.586. The first-order chi connectivity index (χ1) is 8.07. The van der Waals surface area contributed by atoms with Crippen molar-refractivity contribution in [3.8, 4) is 0 Å². The van der Waals surface area contributed by atoms with Gasteiger partial charge in [-0.1, -0.05) is 13.8 Å². The van der Waals surface area contributed by atoms with Gasteiger partial charge < -0.3 is 4.74 Å². The van der Waals surface area contributed by atoms with Gasteiger partial charge in [0, 0.05) is 19.6 Å². The first-order valence-corrected chi connectivity index (χ1v) is 6.89. The van der Waals surface area contributed by atoms with E-state index < -0.39 is 16.4 Å². The van der Waals surface area contributed by atoms with Crippen molar-refractivity contribution in [2.75, 3.05) is 32.8 Å². The van der Waals surface area contributed by atoms with Gasteiger partial charge in [0.25, 0.3) is 10.2 Å². The average molecular weight is 263 g/mol. The molecular weight excluding hydrogens is 246 g/mol. The molecule has 0 aromatic rings. The van der Waals surface area contributed by atoms with E-state index in [4.69, 9.17) is 4.74 Å². The molecule has 0 bridgehead atoms. The smallest absolute Gasteiger partial charge is 0.283 e. The van der Waals surface area contributed by atoms with Crippen LogP contribution >= 0.6 is 0 Å². The van der Waals surface area contributed by atoms with Gasteiger partial charge in [-0.2, -0.15) is 22.0 Å². The molecule has 0 radical (unpaired) electrons. The molecule has 98 valence electrons. The Labute approximate surface area is 101 Å². The summed E-state index contributed by atoms with van der Waals surface area (Å²) in [7, 11) is -3.58. The molecule has 1 fully saturated rings. The Balaban J connectivity index is 2.97. The minimum absolute atomic E-state index is 0.0930. The van der Waals surface area contributed by atoms with Crippen LogP contribution in [0.4, 0.5) is 0 Å². The van der Waals surface area contributed by atoms with Crippen LogP contribution in [0.25, 0.3) is 0 Å². The summed E-state index contributed by atoms with van der Waals surface area (Å²) in [5.41, 5.74) is 0. The van der Waals surface area contributed by atoms with Crippen LogP contribution in [0, 0.1) is 0 Å². The van der Waals surface area contributed by atoms with Gasteiger partial charge in [0.05, 0.1) is 13.2 Å². The van der Waals surface area contributed by atoms with E-state index in [-0.39, 0.29) is 13.2 Å². The van der Waals surface area contributed by atoms with Gasteiger partial charge >= 0.3 is 0 Å². The van der Waals surface area contributed by atoms with Gasteiger partial charge in [-0.15, -0.1) is 0 Å². The molecule has 0 N–H and O–H groups in total. The molecule has 1 aliphatic rings. The lowest BCUT2D eigenvalue weighted by atomic mass is 10.4. The monoisotopic (exact) mass is 263 g/mol. The summed E-state index contributed by atoms with van der Waals surface area (Å²) < 4.78 is 32.1. The molecule has 1 heterocycles. The van der Waals surface area contributed by atoms with Crippen molar-refractivity contribution in [1.29, 1.82) is 0 Å². The maximum absolute atomic E-state index is 12.2. The molecule has 0 aliphatic carbocycles. The van der Waals surface area contributed by atoms with Gasteiger partial charge in [-0.25, -0.2) is 4.79 Å². The minimum Gasteiger partial charge on any atom is -0.376 e. The molecule has 1 unspecified atom stereocenters. The van der Waals surface area contributed by atoms with E-state index in [0.29, 0.717) is 19.7 Å². The van der Waals surface area contributed by atoms with Crippen LogP contribution in [-0.4, -0.2) is 62.1 Å². The van der Waals surface area contributed by atoms with Gasteiger partial charge in [0.2, 0.25) is 6.08 Å². The largest absolute Gasteiger partial charge is 0.376 e. The van der Waals surface area contributed by atoms with E-state index in [1.165, 1.54) is 14.7 Å². The number of rotatable bonds is 5. The Hall–Kier alpha value is -0.790. The third kappa shape index (κ3) is 3.11. The maximum atomic E-state index is 12.2. The Morgan fingerprint density at radius 1 is 1.47 bits per heavy atom. The van der Waals surface area contributed by atoms with Crippen molar-refractivity contribution < 1.29 is 17.9 Å². The van der Waals surface area contributed by atoms with E-state index >= 15 is 0 Å². The summed E-state index contributed by atoms with van der Waals surface area (Å²) in [4.78, 5) is 13.7. The molecule has 1 rings (SSSR count). The molecule has 0 spiro atoms. The van der Waals surface area contributed by atoms with Crippen molar-refractivity contribution in [2.45, 2.75) is 20.0 Å². The van der Waals surface area contributed by atoms with E-state index in [1.807, 2.05) is 0 Å². The number of isocyanates is 1. The van der Waals surface area contributed by atoms with Crippen LogP contribution in [0.15, 0.2) is 4.99 Å². The maximum Gasteiger partial charge on any atom is 0.283 e. The minimum atomic E-state index is -3.58. The molecular formula is C9H17N3O4S. The molecule has 17 heavy (non-hydrogen) atoms. The molecule has 8 heteroatoms. The van der Waals surface area contributed by atoms with Gasteiger partial charge in [0.1, 0.15) is 0 Å². The normalized spacial score (nSPS) is 22.4. The topological polar surface area (TPSA) is 79.3 Å². The Bertz CT molecular complexity index is 387. The van der Waals surface area contributed by atoms with E-state index in [2.05, 4.69) is 4.99 Å². The molecule has 7 nitrogen and oxygen atoms in total. The Morgan fingerprint density at radius 3 is 2.65 bits per heavy atom. The number of hydrogen-bond acceptors (Lipinski definition) is 5. The summed E-state index contributed by atoms with van der Waals surface area (Å²) in [6.45, 7) is 4.90. The van der Waals surface area contributed by atoms with Crippen molar-refractivity contribution in [3.05, 3.63) is 0 Å². The number of morpholine rings is 1. The lowest BCUT2D eigenvalue weighted by molar-refractivity contribution is 0.0332. The third-order valence-electron chi connectivity index (χ3n) is 2.59. The van der Waals surface area contributed by atoms with E-state index in [1.54, 1.807) is 13.8 Å². The zero-order valence-corrected chi connectivity index (χ0v) is 10.8. The number of ether oxygens (including phenoxy) is 1. The zero-order chi connectivity index (χ0) is 12.9. The second-order valence-electron chi connectivity index (χ2n) is 3.48. The fourth-order valence-corrected chi connectivity index (χ4v) is 3.38. The average Bonchev–Trinajstić information content (AvgIpc) is 2.31. The quantitative estimate of drug-likeness (QED) is 0.498. The molecule has 1 atom stereocenters. The van der Waals surface area contributed by atoms with Crippen LogP contribution in [0.1, 0.15) is 13.8 Å². The number of nitrogens with zero attached hydrogens (tertiary/aromatic N) is 3. The molecule has 1 saturated heterocycles. The van der Waals surface area contributed by atoms with Crippen molar-refractivity contribution >= 4 is 16.3 Å². The molecule has 0 saturated carbocycles. The number of carbonyl (C=O) groups excluding carboxylic acids is 1. The standard InChI is InChI=1S/C9H17N3O4S/c1-3-11(4-2)17(14,15)12-5-6-16-7-9(12)10-8-13/h9H,3-7H2,1-2H3. The number of hydrogen-bond donors (Lipinski definition) is 0. The van der Waals surface area contributed by atoms with Crippen LogP contribution < -0.4 is 0 Å². The summed E-state index contributed by atoms with van der Waals surface area (Å²) >= 11 is 0. The summed E-state index contributed by atoms with van der Waals surface area (Å²) in [5, 5.41) is 0. The zero-order valence-electron chi connectivity index (χ0n) is 10.00. The first-order valence-electron chi connectivity index (χ1n) is 5.49. The molecule has 0 amide bonds. The van der Waals surface area contributed by atoms with Crippen LogP contribution in [-0.2, 0) is 19.7 Å². The third-order valence-corrected chi connectivity index (χ3v) is 4.77. The second-order valence-corrected chi connectivity index (χ2v) is 5.36. The summed E-state index contributed by atoms with van der Waals surface area (Å²) in [6, 6.07) is 0. The SMILES string of the molecule is CCN(CC)S(=O)(=O)N1CCOCC1N=C=O. The molecule has 1 aliphatic heterocycles. The van der Waals surface area contributed by atoms with Crippen LogP contribution in [0.3, 0.4) is 0 Å². The summed E-state index contributed by atoms with van der Waals surface area (Å²) in [5.74, 6) is 0. The van der Waals surface area contributed by atoms with Gasteiger partial charge in [-0.05, 0) is 0 Å². The van der Waals surface area contributed by atoms with E-state index in [9.17, 15) is 13.2 Å². The highest BCUT2D eigenvalue weighted by Gasteiger charge is 2.35. The predicted molar refractivity (Wildman–Crippen MR) is 61.3 cm³/mol. The lowest BCUT2D eigenvalue weighted by Crippen LogP contribution is -2.53. The Kier molecular flexibility index (Phi) is 5.23. The number of aliphatic imine (C=N–C) groups is 1. The predicted octanol–water partition coefficient (Wildman–Crippen LogP) is -0.433. The highest BCUT2D eigenvalue weighted by molar-refractivity contribution is 7.86. The van der Waals surface area contributed by atoms with Gasteiger partial charge in [0.15, 0.2) is 6.17 Å². The van der Waals surface area contributed by atoms with Crippen molar-refractivity contribution in [3.63, 3.8) is 0 Å². The highest BCUT2D eigenvalue weighted by atomic mass is 32.2. The van der Waals surface area contributed by atoms with Crippen LogP contribution in [0.2, 0.25) is 0 Å². The lowest BCUT2D eigenvalue weighted by Gasteiger charge is -2.34. The molecule has 0 aromatic carbocycles. The fourth-order valence-electron chi connectivity index (χ4n) is 1.71. The van der Waals surface area contributed by atoms with Crippen LogP contribution in [0.5, 0.6) is 0 Å². The van der Waals surface area contributed by atoms with Crippen molar-refractivity contribution in [1.82, 2.24) is 8.61 Å². The Morgan fingerprint density at radius 2 is 2.12 bits per heavy atom. The van der Waals surface area contributed by atoms with E-state index in [0.717, 1.165) is 0 Å².